The highest BCUT2D eigenvalue weighted by Crippen LogP contribution is 2.32. The van der Waals surface area contributed by atoms with Crippen LogP contribution in [0.4, 0.5) is 0 Å². The predicted octanol–water partition coefficient (Wildman–Crippen LogP) is 1.88. The Balaban J connectivity index is 2.26. The van der Waals surface area contributed by atoms with E-state index in [1.165, 1.54) is 5.56 Å². The summed E-state index contributed by atoms with van der Waals surface area (Å²) in [7, 11) is 1.88. The second-order valence-electron chi connectivity index (χ2n) is 4.02. The predicted molar refractivity (Wildman–Crippen MR) is 56.0 cm³/mol. The first-order valence-corrected chi connectivity index (χ1v) is 5.00. The van der Waals surface area contributed by atoms with Gasteiger partial charge in [0.15, 0.2) is 0 Å². The van der Waals surface area contributed by atoms with Crippen LogP contribution in [0.25, 0.3) is 0 Å². The third kappa shape index (κ3) is 1.41. The van der Waals surface area contributed by atoms with Crippen LogP contribution in [-0.4, -0.2) is 24.4 Å². The number of benzene rings is 1. The van der Waals surface area contributed by atoms with Crippen molar-refractivity contribution in [2.45, 2.75) is 12.8 Å². The van der Waals surface area contributed by atoms with E-state index in [-0.39, 0.29) is 11.8 Å². The molecule has 2 nitrogen and oxygen atoms in total. The lowest BCUT2D eigenvalue weighted by Crippen LogP contribution is -2.21. The van der Waals surface area contributed by atoms with E-state index in [2.05, 4.69) is 12.1 Å². The number of carbonyl (C=O) groups excluding carboxylic acids is 1. The second kappa shape index (κ2) is 3.45. The Hall–Kier alpha value is -1.31. The molecule has 0 aromatic heterocycles. The lowest BCUT2D eigenvalue weighted by atomic mass is 9.90. The average Bonchev–Trinajstić information content (AvgIpc) is 2.47. The molecule has 0 spiro atoms. The molecular weight excluding hydrogens is 174 g/mol. The molecule has 2 heteroatoms. The van der Waals surface area contributed by atoms with Gasteiger partial charge in [0.2, 0.25) is 5.91 Å². The molecule has 1 aromatic rings. The molecule has 0 bridgehead atoms. The number of likely N-dealkylation sites (tertiary alicyclic amines) is 1. The first-order chi connectivity index (χ1) is 6.70. The van der Waals surface area contributed by atoms with Crippen molar-refractivity contribution in [1.29, 1.82) is 0 Å². The van der Waals surface area contributed by atoms with Crippen LogP contribution in [0, 0.1) is 5.92 Å². The summed E-state index contributed by atoms with van der Waals surface area (Å²) in [5.74, 6) is 0.759. The van der Waals surface area contributed by atoms with E-state index in [4.69, 9.17) is 0 Å². The van der Waals surface area contributed by atoms with E-state index in [0.29, 0.717) is 5.92 Å². The van der Waals surface area contributed by atoms with Crippen LogP contribution < -0.4 is 0 Å². The largest absolute Gasteiger partial charge is 0.345 e. The van der Waals surface area contributed by atoms with Gasteiger partial charge in [0.05, 0.1) is 0 Å². The van der Waals surface area contributed by atoms with E-state index in [0.717, 1.165) is 6.54 Å². The summed E-state index contributed by atoms with van der Waals surface area (Å²) in [6.45, 7) is 2.87. The molecule has 2 atom stereocenters. The first kappa shape index (κ1) is 9.25. The Bertz CT molecular complexity index is 333. The summed E-state index contributed by atoms with van der Waals surface area (Å²) in [6.07, 6.45) is 0. The molecule has 0 radical (unpaired) electrons. The van der Waals surface area contributed by atoms with Crippen molar-refractivity contribution in [2.75, 3.05) is 13.6 Å². The average molecular weight is 189 g/mol. The molecule has 1 heterocycles. The van der Waals surface area contributed by atoms with Crippen LogP contribution in [-0.2, 0) is 4.79 Å². The molecule has 0 saturated carbocycles. The number of hydrogen-bond acceptors (Lipinski definition) is 1. The maximum absolute atomic E-state index is 11.6. The van der Waals surface area contributed by atoms with Crippen LogP contribution in [0.2, 0.25) is 0 Å². The molecule has 1 aliphatic rings. The van der Waals surface area contributed by atoms with Gasteiger partial charge in [-0.05, 0) is 5.56 Å². The minimum atomic E-state index is 0.127. The fraction of sp³-hybridized carbons (Fsp3) is 0.417. The third-order valence-electron chi connectivity index (χ3n) is 3.07. The summed E-state index contributed by atoms with van der Waals surface area (Å²) in [5.41, 5.74) is 1.28. The Kier molecular flexibility index (Phi) is 2.28. The second-order valence-corrected chi connectivity index (χ2v) is 4.02. The fourth-order valence-corrected chi connectivity index (χ4v) is 2.16. The quantitative estimate of drug-likeness (QED) is 0.660. The van der Waals surface area contributed by atoms with Crippen molar-refractivity contribution in [3.05, 3.63) is 35.9 Å². The molecule has 1 aromatic carbocycles. The number of amides is 1. The van der Waals surface area contributed by atoms with Crippen molar-refractivity contribution in [3.63, 3.8) is 0 Å². The van der Waals surface area contributed by atoms with Crippen molar-refractivity contribution in [2.24, 2.45) is 5.92 Å². The monoisotopic (exact) mass is 189 g/mol. The lowest BCUT2D eigenvalue weighted by Gasteiger charge is -2.12. The van der Waals surface area contributed by atoms with Gasteiger partial charge in [0, 0.05) is 25.4 Å². The van der Waals surface area contributed by atoms with Gasteiger partial charge in [0.25, 0.3) is 0 Å². The van der Waals surface area contributed by atoms with Crippen molar-refractivity contribution in [3.8, 4) is 0 Å². The summed E-state index contributed by atoms with van der Waals surface area (Å²) in [4.78, 5) is 13.4. The van der Waals surface area contributed by atoms with Crippen LogP contribution in [0.3, 0.4) is 0 Å². The Morgan fingerprint density at radius 3 is 2.43 bits per heavy atom. The zero-order chi connectivity index (χ0) is 10.1. The third-order valence-corrected chi connectivity index (χ3v) is 3.07. The van der Waals surface area contributed by atoms with Crippen LogP contribution in [0.1, 0.15) is 18.4 Å². The highest BCUT2D eigenvalue weighted by atomic mass is 16.2. The molecule has 1 aliphatic heterocycles. The maximum atomic E-state index is 11.6. The van der Waals surface area contributed by atoms with Gasteiger partial charge < -0.3 is 4.90 Å². The Morgan fingerprint density at radius 2 is 1.93 bits per heavy atom. The van der Waals surface area contributed by atoms with Gasteiger partial charge in [0.1, 0.15) is 0 Å². The van der Waals surface area contributed by atoms with E-state index >= 15 is 0 Å². The van der Waals surface area contributed by atoms with Gasteiger partial charge in [-0.3, -0.25) is 4.79 Å². The van der Waals surface area contributed by atoms with E-state index in [1.807, 2.05) is 37.1 Å². The van der Waals surface area contributed by atoms with Gasteiger partial charge in [-0.15, -0.1) is 0 Å². The topological polar surface area (TPSA) is 20.3 Å². The fourth-order valence-electron chi connectivity index (χ4n) is 2.16. The number of carbonyl (C=O) groups is 1. The van der Waals surface area contributed by atoms with Crippen LogP contribution >= 0.6 is 0 Å². The lowest BCUT2D eigenvalue weighted by molar-refractivity contribution is -0.129. The van der Waals surface area contributed by atoms with Gasteiger partial charge in [-0.1, -0.05) is 37.3 Å². The van der Waals surface area contributed by atoms with E-state index < -0.39 is 0 Å². The molecule has 1 saturated heterocycles. The number of likely N-dealkylation sites (N-methyl/N-ethyl adjacent to an activating group) is 1. The minimum Gasteiger partial charge on any atom is -0.345 e. The van der Waals surface area contributed by atoms with E-state index in [1.54, 1.807) is 0 Å². The Morgan fingerprint density at radius 1 is 1.29 bits per heavy atom. The first-order valence-electron chi connectivity index (χ1n) is 5.00. The van der Waals surface area contributed by atoms with Crippen molar-refractivity contribution < 1.29 is 4.79 Å². The Labute approximate surface area is 84.5 Å². The summed E-state index contributed by atoms with van der Waals surface area (Å²) >= 11 is 0. The molecule has 0 aliphatic carbocycles. The molecular formula is C12H15NO. The number of rotatable bonds is 1. The molecule has 74 valence electrons. The standard InChI is InChI=1S/C12H15NO/c1-9-11(8-13(2)12(9)14)10-6-4-3-5-7-10/h3-7,9,11H,8H2,1-2H3. The molecule has 2 rings (SSSR count). The maximum Gasteiger partial charge on any atom is 0.225 e. The zero-order valence-corrected chi connectivity index (χ0v) is 8.60. The number of nitrogens with zero attached hydrogens (tertiary/aromatic N) is 1. The zero-order valence-electron chi connectivity index (χ0n) is 8.60. The SMILES string of the molecule is CC1C(=O)N(C)CC1c1ccccc1. The molecule has 0 N–H and O–H groups in total. The molecule has 1 amide bonds. The van der Waals surface area contributed by atoms with Gasteiger partial charge >= 0.3 is 0 Å². The highest BCUT2D eigenvalue weighted by molar-refractivity contribution is 5.81. The van der Waals surface area contributed by atoms with Crippen molar-refractivity contribution >= 4 is 5.91 Å². The summed E-state index contributed by atoms with van der Waals surface area (Å²) in [5, 5.41) is 0. The van der Waals surface area contributed by atoms with E-state index in [9.17, 15) is 4.79 Å². The molecule has 14 heavy (non-hydrogen) atoms. The minimum absolute atomic E-state index is 0.127. The normalized spacial score (nSPS) is 27.0. The van der Waals surface area contributed by atoms with Gasteiger partial charge in [-0.2, -0.15) is 0 Å². The van der Waals surface area contributed by atoms with Crippen LogP contribution in [0.5, 0.6) is 0 Å². The van der Waals surface area contributed by atoms with Crippen LogP contribution in [0.15, 0.2) is 30.3 Å². The summed E-state index contributed by atoms with van der Waals surface area (Å²) < 4.78 is 0. The molecule has 2 unspecified atom stereocenters. The van der Waals surface area contributed by atoms with Gasteiger partial charge in [-0.25, -0.2) is 0 Å². The smallest absolute Gasteiger partial charge is 0.225 e. The highest BCUT2D eigenvalue weighted by Gasteiger charge is 2.35. The summed E-state index contributed by atoms with van der Waals surface area (Å²) in [6, 6.07) is 10.3. The number of hydrogen-bond donors (Lipinski definition) is 0. The van der Waals surface area contributed by atoms with Crippen molar-refractivity contribution in [1.82, 2.24) is 4.90 Å². The molecule has 1 fully saturated rings.